The largest absolute Gasteiger partial charge is 0.350 e. The molecule has 0 radical (unpaired) electrons. The van der Waals surface area contributed by atoms with E-state index in [0.29, 0.717) is 21.4 Å². The minimum atomic E-state index is -0.719. The molecule has 2 rings (SSSR count). The van der Waals surface area contributed by atoms with Crippen molar-refractivity contribution >= 4 is 52.5 Å². The first kappa shape index (κ1) is 27.0. The molecule has 0 spiro atoms. The van der Waals surface area contributed by atoms with Gasteiger partial charge in [0.25, 0.3) is 5.69 Å². The highest BCUT2D eigenvalue weighted by Gasteiger charge is 2.28. The molecule has 0 aromatic heterocycles. The molecule has 0 saturated heterocycles. The number of rotatable bonds is 9. The van der Waals surface area contributed by atoms with Gasteiger partial charge >= 0.3 is 0 Å². The van der Waals surface area contributed by atoms with Crippen LogP contribution in [0.2, 0.25) is 10.0 Å². The van der Waals surface area contributed by atoms with E-state index >= 15 is 0 Å². The first-order valence-electron chi connectivity index (χ1n) is 10.2. The van der Waals surface area contributed by atoms with Gasteiger partial charge in [0.05, 0.1) is 10.7 Å². The van der Waals surface area contributed by atoms with Crippen molar-refractivity contribution in [2.75, 3.05) is 5.75 Å². The van der Waals surface area contributed by atoms with Crippen molar-refractivity contribution in [2.24, 2.45) is 0 Å². The van der Waals surface area contributed by atoms with Gasteiger partial charge in [0.2, 0.25) is 11.8 Å². The van der Waals surface area contributed by atoms with Crippen molar-refractivity contribution in [2.45, 2.75) is 51.6 Å². The summed E-state index contributed by atoms with van der Waals surface area (Å²) >= 11 is 13.7. The normalized spacial score (nSPS) is 12.2. The summed E-state index contributed by atoms with van der Waals surface area (Å²) in [6, 6.07) is 10.5. The number of halogens is 2. The summed E-state index contributed by atoms with van der Waals surface area (Å²) in [5, 5.41) is 14.6. The predicted octanol–water partition coefficient (Wildman–Crippen LogP) is 5.47. The zero-order chi connectivity index (χ0) is 24.8. The zero-order valence-electron chi connectivity index (χ0n) is 18.9. The van der Waals surface area contributed by atoms with Crippen molar-refractivity contribution in [1.29, 1.82) is 0 Å². The first-order valence-corrected chi connectivity index (χ1v) is 12.1. The standard InChI is InChI=1S/C23H27Cl2N3O4S/c1-15(22(30)26-23(2,3)4)27(12-17-7-8-18(24)11-20(17)25)21(29)14-33-13-16-5-9-19(10-6-16)28(31)32/h5-11,15H,12-14H2,1-4H3,(H,26,30)/t15-/m1/s1. The molecule has 0 saturated carbocycles. The molecule has 1 atom stereocenters. The second-order valence-corrected chi connectivity index (χ2v) is 10.4. The van der Waals surface area contributed by atoms with Crippen LogP contribution in [0.3, 0.4) is 0 Å². The predicted molar refractivity (Wildman–Crippen MR) is 134 cm³/mol. The molecule has 7 nitrogen and oxygen atoms in total. The van der Waals surface area contributed by atoms with E-state index in [9.17, 15) is 19.7 Å². The van der Waals surface area contributed by atoms with Crippen LogP contribution < -0.4 is 5.32 Å². The molecule has 0 aliphatic carbocycles. The quantitative estimate of drug-likeness (QED) is 0.356. The number of benzene rings is 2. The summed E-state index contributed by atoms with van der Waals surface area (Å²) in [6.45, 7) is 7.47. The van der Waals surface area contributed by atoms with Gasteiger partial charge in [-0.3, -0.25) is 19.7 Å². The van der Waals surface area contributed by atoms with Gasteiger partial charge in [-0.1, -0.05) is 41.4 Å². The lowest BCUT2D eigenvalue weighted by Crippen LogP contribution is -2.52. The fraction of sp³-hybridized carbons (Fsp3) is 0.391. The maximum Gasteiger partial charge on any atom is 0.269 e. The minimum Gasteiger partial charge on any atom is -0.350 e. The number of nitro groups is 1. The van der Waals surface area contributed by atoms with Crippen LogP contribution in [0, 0.1) is 10.1 Å². The van der Waals surface area contributed by atoms with Crippen molar-refractivity contribution < 1.29 is 14.5 Å². The van der Waals surface area contributed by atoms with E-state index < -0.39 is 16.5 Å². The SMILES string of the molecule is C[C@H](C(=O)NC(C)(C)C)N(Cc1ccc(Cl)cc1Cl)C(=O)CSCc1ccc([N+](=O)[O-])cc1. The van der Waals surface area contributed by atoms with Gasteiger partial charge < -0.3 is 10.2 Å². The van der Waals surface area contributed by atoms with Crippen LogP contribution in [-0.4, -0.2) is 39.0 Å². The average molecular weight is 512 g/mol. The Labute approximate surface area is 208 Å². The molecule has 1 N–H and O–H groups in total. The Morgan fingerprint density at radius 3 is 2.33 bits per heavy atom. The van der Waals surface area contributed by atoms with E-state index in [2.05, 4.69) is 5.32 Å². The third kappa shape index (κ3) is 8.53. The lowest BCUT2D eigenvalue weighted by atomic mass is 10.1. The lowest BCUT2D eigenvalue weighted by Gasteiger charge is -2.31. The van der Waals surface area contributed by atoms with Crippen molar-refractivity contribution in [1.82, 2.24) is 10.2 Å². The van der Waals surface area contributed by atoms with Crippen LogP contribution >= 0.6 is 35.0 Å². The molecule has 33 heavy (non-hydrogen) atoms. The Balaban J connectivity index is 2.12. The highest BCUT2D eigenvalue weighted by molar-refractivity contribution is 7.99. The summed E-state index contributed by atoms with van der Waals surface area (Å²) in [6.07, 6.45) is 0. The summed E-state index contributed by atoms with van der Waals surface area (Å²) in [7, 11) is 0. The molecule has 0 heterocycles. The van der Waals surface area contributed by atoms with Crippen molar-refractivity contribution in [3.63, 3.8) is 0 Å². The van der Waals surface area contributed by atoms with Gasteiger partial charge in [-0.05, 0) is 51.0 Å². The van der Waals surface area contributed by atoms with Gasteiger partial charge in [0.15, 0.2) is 0 Å². The smallest absolute Gasteiger partial charge is 0.269 e. The number of amides is 2. The number of nitro benzene ring substituents is 1. The number of hydrogen-bond acceptors (Lipinski definition) is 5. The number of carbonyl (C=O) groups is 2. The highest BCUT2D eigenvalue weighted by Crippen LogP contribution is 2.24. The Morgan fingerprint density at radius 1 is 1.15 bits per heavy atom. The van der Waals surface area contributed by atoms with Crippen molar-refractivity contribution in [3.05, 3.63) is 73.8 Å². The Bertz CT molecular complexity index is 1010. The van der Waals surface area contributed by atoms with E-state index in [-0.39, 0.29) is 29.8 Å². The van der Waals surface area contributed by atoms with E-state index in [1.54, 1.807) is 37.3 Å². The molecule has 0 bridgehead atoms. The van der Waals surface area contributed by atoms with Gasteiger partial charge in [-0.15, -0.1) is 11.8 Å². The maximum atomic E-state index is 13.1. The number of hydrogen-bond donors (Lipinski definition) is 1. The Morgan fingerprint density at radius 2 is 1.79 bits per heavy atom. The summed E-state index contributed by atoms with van der Waals surface area (Å²) in [4.78, 5) is 37.8. The fourth-order valence-corrected chi connectivity index (χ4v) is 4.28. The van der Waals surface area contributed by atoms with Gasteiger partial charge in [-0.2, -0.15) is 0 Å². The summed E-state index contributed by atoms with van der Waals surface area (Å²) < 4.78 is 0. The molecule has 0 aliphatic rings. The molecule has 2 amide bonds. The van der Waals surface area contributed by atoms with Crippen LogP contribution in [0.5, 0.6) is 0 Å². The van der Waals surface area contributed by atoms with E-state index in [0.717, 1.165) is 5.56 Å². The molecule has 0 unspecified atom stereocenters. The zero-order valence-corrected chi connectivity index (χ0v) is 21.3. The lowest BCUT2D eigenvalue weighted by molar-refractivity contribution is -0.384. The Kier molecular flexibility index (Phi) is 9.57. The van der Waals surface area contributed by atoms with Crippen LogP contribution in [-0.2, 0) is 21.9 Å². The first-order chi connectivity index (χ1) is 15.4. The fourth-order valence-electron chi connectivity index (χ4n) is 2.94. The molecule has 2 aromatic carbocycles. The maximum absolute atomic E-state index is 13.1. The van der Waals surface area contributed by atoms with E-state index in [1.807, 2.05) is 20.8 Å². The second kappa shape index (κ2) is 11.7. The van der Waals surface area contributed by atoms with Crippen LogP contribution in [0.15, 0.2) is 42.5 Å². The average Bonchev–Trinajstić information content (AvgIpc) is 2.71. The second-order valence-electron chi connectivity index (χ2n) is 8.59. The van der Waals surface area contributed by atoms with Crippen LogP contribution in [0.1, 0.15) is 38.8 Å². The molecular weight excluding hydrogens is 485 g/mol. The summed E-state index contributed by atoms with van der Waals surface area (Å²) in [5.74, 6) is 0.155. The van der Waals surface area contributed by atoms with E-state index in [4.69, 9.17) is 23.2 Å². The highest BCUT2D eigenvalue weighted by atomic mass is 35.5. The third-order valence-corrected chi connectivity index (χ3v) is 6.24. The number of nitrogens with one attached hydrogen (secondary N) is 1. The molecular formula is C23H27Cl2N3O4S. The molecule has 10 heteroatoms. The van der Waals surface area contributed by atoms with Gasteiger partial charge in [-0.25, -0.2) is 0 Å². The Hall–Kier alpha value is -2.29. The van der Waals surface area contributed by atoms with E-state index in [1.165, 1.54) is 28.8 Å². The van der Waals surface area contributed by atoms with Gasteiger partial charge in [0, 0.05) is 40.0 Å². The molecule has 0 aliphatic heterocycles. The minimum absolute atomic E-state index is 0.0181. The van der Waals surface area contributed by atoms with Gasteiger partial charge in [0.1, 0.15) is 6.04 Å². The molecule has 0 fully saturated rings. The number of non-ortho nitro benzene ring substituents is 1. The van der Waals surface area contributed by atoms with Crippen LogP contribution in [0.25, 0.3) is 0 Å². The molecule has 2 aromatic rings. The molecule has 178 valence electrons. The summed E-state index contributed by atoms with van der Waals surface area (Å²) in [5.41, 5.74) is 1.13. The van der Waals surface area contributed by atoms with Crippen molar-refractivity contribution in [3.8, 4) is 0 Å². The number of carbonyl (C=O) groups excluding carboxylic acids is 2. The van der Waals surface area contributed by atoms with Crippen LogP contribution in [0.4, 0.5) is 5.69 Å². The number of nitrogens with zero attached hydrogens (tertiary/aromatic N) is 2. The monoisotopic (exact) mass is 511 g/mol. The number of thioether (sulfide) groups is 1. The topological polar surface area (TPSA) is 92.6 Å². The third-order valence-electron chi connectivity index (χ3n) is 4.66.